The van der Waals surface area contributed by atoms with Crippen LogP contribution >= 0.6 is 11.8 Å². The van der Waals surface area contributed by atoms with Gasteiger partial charge in [0.2, 0.25) is 88.6 Å². The summed E-state index contributed by atoms with van der Waals surface area (Å²) in [5.41, 5.74) is 20.1. The van der Waals surface area contributed by atoms with Crippen molar-refractivity contribution in [2.24, 2.45) is 35.0 Å². The number of imidazole rings is 1. The van der Waals surface area contributed by atoms with Crippen molar-refractivity contribution in [1.82, 2.24) is 97.3 Å². The van der Waals surface area contributed by atoms with Gasteiger partial charge in [-0.25, -0.2) is 4.98 Å². The number of amides is 15. The number of pyridine rings is 1. The Labute approximate surface area is 769 Å². The van der Waals surface area contributed by atoms with Crippen LogP contribution in [0.2, 0.25) is 0 Å². The second-order valence-corrected chi connectivity index (χ2v) is 35.2. The number of primary amides is 2. The monoisotopic (exact) mass is 1850 g/mol. The third-order valence-electron chi connectivity index (χ3n) is 23.6. The van der Waals surface area contributed by atoms with Crippen LogP contribution in [0.15, 0.2) is 98.0 Å². The normalized spacial score (nSPS) is 23.6. The van der Waals surface area contributed by atoms with Crippen LogP contribution in [0.4, 0.5) is 0 Å². The van der Waals surface area contributed by atoms with Gasteiger partial charge in [-0.3, -0.25) is 91.9 Å². The van der Waals surface area contributed by atoms with Crippen molar-refractivity contribution in [3.05, 3.63) is 120 Å². The Hall–Kier alpha value is -13.2. The minimum Gasteiger partial charge on any atom is -0.396 e. The third-order valence-corrected chi connectivity index (χ3v) is 24.6. The summed E-state index contributed by atoms with van der Waals surface area (Å²) < 4.78 is 0. The van der Waals surface area contributed by atoms with Crippen LogP contribution in [0.1, 0.15) is 147 Å². The Kier molecular flexibility index (Phi) is 40.2. The smallest absolute Gasteiger partial charge is 0.246 e. The molecule has 0 aliphatic carbocycles. The maximum atomic E-state index is 15.7. The Balaban J connectivity index is 1.18. The molecule has 8 rings (SSSR count). The number of rotatable bonds is 26. The van der Waals surface area contributed by atoms with Crippen LogP contribution in [0.25, 0.3) is 21.8 Å². The number of guanidine groups is 1. The molecule has 6 heterocycles. The van der Waals surface area contributed by atoms with Crippen molar-refractivity contribution in [3.8, 4) is 0 Å². The Morgan fingerprint density at radius 1 is 0.576 bits per heavy atom. The van der Waals surface area contributed by atoms with Gasteiger partial charge in [-0.2, -0.15) is 0 Å². The number of fused-ring (bicyclic) bond motifs is 3. The van der Waals surface area contributed by atoms with Crippen molar-refractivity contribution in [3.63, 3.8) is 0 Å². The van der Waals surface area contributed by atoms with Gasteiger partial charge in [0.05, 0.1) is 44.1 Å². The van der Waals surface area contributed by atoms with Crippen LogP contribution in [0, 0.1) is 23.2 Å². The number of nitrogens with zero attached hydrogens (tertiary/aromatic N) is 7. The molecule has 4 aromatic heterocycles. The number of nitrogens with two attached hydrogens (primary N) is 3. The van der Waals surface area contributed by atoms with Gasteiger partial charge in [0, 0.05) is 144 Å². The zero-order chi connectivity index (χ0) is 96.6. The van der Waals surface area contributed by atoms with Crippen LogP contribution in [-0.4, -0.2) is 300 Å². The van der Waals surface area contributed by atoms with E-state index < -0.39 is 235 Å². The molecule has 2 saturated heterocycles. The molecular weight excluding hydrogens is 1720 g/mol. The molecule has 6 aromatic rings. The molecule has 2 aromatic carbocycles. The first-order valence-electron chi connectivity index (χ1n) is 44.5. The molecule has 0 bridgehead atoms. The van der Waals surface area contributed by atoms with Crippen LogP contribution < -0.4 is 65.1 Å². The molecule has 2 fully saturated rings. The molecular formula is C90H127N23O18S. The van der Waals surface area contributed by atoms with E-state index >= 15 is 24.0 Å². The Morgan fingerprint density at radius 2 is 1.18 bits per heavy atom. The van der Waals surface area contributed by atoms with Crippen molar-refractivity contribution < 1.29 is 86.6 Å². The SMILES string of the molecule is CCCC[C@H]1C(=O)N(C)[C@@H](CCCC)C(=O)N[C@@H](CCCNC(=N)N)C(=O)N[C@H](C(=O)NCC(N)=O)CSCC(=O)N[C@@H](Cc2cccnc2)C(=O)N(C)[C@@H](C)C(=O)N[C@@H](CC(N)=O)C(=O)N2CCC[C@H]2C(=O)N[C@@H](Cc2cnc[nH]2)C(=O)N[C@@H](CC(C)C)C(=O)N(C)CC(=O)C[C@@H](Cc2c[nH]c3ccccc23)C(=O)C[C@@H](CO)C(=O)N[C@@H](Cc2c[nH]c3ccccc23)C(=O)N1C. The average Bonchev–Trinajstić information content (AvgIpc) is 1.48. The molecule has 2 aliphatic rings. The first-order valence-corrected chi connectivity index (χ1v) is 45.7. The highest BCUT2D eigenvalue weighted by Gasteiger charge is 2.44. The summed E-state index contributed by atoms with van der Waals surface area (Å²) in [5, 5.41) is 44.4. The van der Waals surface area contributed by atoms with Gasteiger partial charge in [-0.15, -0.1) is 11.8 Å². The van der Waals surface area contributed by atoms with Gasteiger partial charge < -0.3 is 110 Å². The van der Waals surface area contributed by atoms with E-state index in [0.717, 1.165) is 26.5 Å². The molecule has 20 N–H and O–H groups in total. The summed E-state index contributed by atoms with van der Waals surface area (Å²) in [7, 11) is 5.33. The van der Waals surface area contributed by atoms with Crippen LogP contribution in [-0.2, 0) is 107 Å². The number of aliphatic hydroxyl groups excluding tert-OH is 1. The lowest BCUT2D eigenvalue weighted by Crippen LogP contribution is -2.60. The zero-order valence-electron chi connectivity index (χ0n) is 76.2. The molecule has 0 unspecified atom stereocenters. The van der Waals surface area contributed by atoms with Gasteiger partial charge in [-0.05, 0) is 99.1 Å². The van der Waals surface area contributed by atoms with Crippen LogP contribution in [0.5, 0.6) is 0 Å². The molecule has 716 valence electrons. The first-order chi connectivity index (χ1) is 62.9. The fourth-order valence-electron chi connectivity index (χ4n) is 16.2. The molecule has 2 aliphatic heterocycles. The van der Waals surface area contributed by atoms with Gasteiger partial charge in [-0.1, -0.05) is 95.8 Å². The van der Waals surface area contributed by atoms with Crippen molar-refractivity contribution in [2.45, 2.75) is 217 Å². The number of para-hydroxylation sites is 2. The van der Waals surface area contributed by atoms with Crippen molar-refractivity contribution >= 4 is 140 Å². The number of nitrogens with one attached hydrogen (secondary N) is 13. The lowest BCUT2D eigenvalue weighted by molar-refractivity contribution is -0.149. The highest BCUT2D eigenvalue weighted by molar-refractivity contribution is 8.00. The number of ketones is 2. The molecule has 0 spiro atoms. The summed E-state index contributed by atoms with van der Waals surface area (Å²) in [6.45, 7) is 6.25. The fourth-order valence-corrected chi connectivity index (χ4v) is 17.0. The average molecular weight is 1850 g/mol. The quantitative estimate of drug-likeness (QED) is 0.0184. The summed E-state index contributed by atoms with van der Waals surface area (Å²) in [6.07, 6.45) is 8.10. The maximum Gasteiger partial charge on any atom is 0.246 e. The molecule has 13 atom stereocenters. The number of carbonyl (C=O) groups is 17. The second kappa shape index (κ2) is 50.9. The van der Waals surface area contributed by atoms with Gasteiger partial charge >= 0.3 is 0 Å². The summed E-state index contributed by atoms with van der Waals surface area (Å²) >= 11 is 0.788. The van der Waals surface area contributed by atoms with Gasteiger partial charge in [0.25, 0.3) is 0 Å². The largest absolute Gasteiger partial charge is 0.396 e. The molecule has 0 saturated carbocycles. The predicted octanol–water partition coefficient (Wildman–Crippen LogP) is -0.562. The highest BCUT2D eigenvalue weighted by Crippen LogP contribution is 2.29. The van der Waals surface area contributed by atoms with E-state index in [0.29, 0.717) is 69.9 Å². The Morgan fingerprint density at radius 3 is 1.80 bits per heavy atom. The number of likely N-dealkylation sites (N-methyl/N-ethyl adjacent to an activating group) is 4. The van der Waals surface area contributed by atoms with E-state index in [4.69, 9.17) is 22.6 Å². The Bertz CT molecular complexity index is 5050. The summed E-state index contributed by atoms with van der Waals surface area (Å²) in [5.74, 6) is -19.0. The number of unbranched alkanes of at least 4 members (excludes halogenated alkanes) is 2. The van der Waals surface area contributed by atoms with E-state index in [1.54, 1.807) is 74.8 Å². The van der Waals surface area contributed by atoms with E-state index in [1.807, 2.05) is 26.0 Å². The number of carbonyl (C=O) groups excluding carboxylic acids is 17. The number of hydrogen-bond acceptors (Lipinski definition) is 22. The number of aromatic amines is 3. The number of H-pyrrole nitrogens is 3. The molecule has 15 amide bonds. The standard InChI is InChI=1S/C90H127N23O18S/c1-10-12-27-71-83(125)103-64(26-19-31-97-90(93)94)81(123)108-70(80(122)100-45-76(92)118)48-132-49-77(119)102-67(34-53-21-18-30-95-41-53)86(128)110(7)52(5)78(120)105-69(40-75(91)117)88(130)113-32-20-29-72(113)84(126)104-65(39-58-44-96-50-101-58)82(124)107-66(33-51(3)4)85(127)109(6)46-59(115)36-54(35-55-42-98-62-24-16-14-22-60(55)62)74(116)38-57(47-114)79(121)106-68(37-56-43-99-63-25-17-15-23-61(56)63)87(129)112(9)73(28-13-11-2)89(131)111(71)8/h14-18,21-25,30,41-44,50-52,54,57,64-73,98-99,114H,10-13,19-20,26-29,31-40,45-49H2,1-9H3,(H2,91,117)(H2,92,118)(H,96,101)(H,100,122)(H,102,119)(H,103,125)(H,104,126)(H,105,120)(H,106,121)(H,107,124)(H,108,123)(H4,93,94,97)/t52-,54+,57-,64-,65-,66-,67-,68-,69-,70-,71-,72-,73-/m0/s1. The third kappa shape index (κ3) is 30.2. The second-order valence-electron chi connectivity index (χ2n) is 34.2. The maximum absolute atomic E-state index is 15.7. The van der Waals surface area contributed by atoms with E-state index in [9.17, 15) is 62.6 Å². The van der Waals surface area contributed by atoms with Gasteiger partial charge in [0.1, 0.15) is 72.2 Å². The van der Waals surface area contributed by atoms with Gasteiger partial charge in [0.15, 0.2) is 11.7 Å². The number of aliphatic hydroxyl groups is 1. The summed E-state index contributed by atoms with van der Waals surface area (Å²) in [6, 6.07) is 1.38. The molecule has 132 heavy (non-hydrogen) atoms. The lowest BCUT2D eigenvalue weighted by atomic mass is 9.85. The highest BCUT2D eigenvalue weighted by atomic mass is 32.2. The van der Waals surface area contributed by atoms with E-state index in [1.165, 1.54) is 69.8 Å². The minimum absolute atomic E-state index is 0.00302. The van der Waals surface area contributed by atoms with Crippen LogP contribution in [0.3, 0.4) is 0 Å². The lowest BCUT2D eigenvalue weighted by Gasteiger charge is -2.36. The number of Topliss-reactive ketones (excluding diaryl/α,β-unsaturated/α-hetero) is 2. The predicted molar refractivity (Wildman–Crippen MR) is 490 cm³/mol. The fraction of sp³-hybridized carbons (Fsp3) is 0.533. The summed E-state index contributed by atoms with van der Waals surface area (Å²) in [4.78, 5) is 272. The number of benzene rings is 2. The van der Waals surface area contributed by atoms with Crippen molar-refractivity contribution in [1.29, 1.82) is 5.41 Å². The number of aromatic nitrogens is 5. The topological polar surface area (TPSA) is 610 Å². The van der Waals surface area contributed by atoms with Crippen molar-refractivity contribution in [2.75, 3.05) is 72.5 Å². The molecule has 42 heteroatoms. The number of thioether (sulfide) groups is 1. The first kappa shape index (κ1) is 104. The molecule has 41 nitrogen and oxygen atoms in total. The zero-order valence-corrected chi connectivity index (χ0v) is 77.0. The molecule has 0 radical (unpaired) electrons. The van der Waals surface area contributed by atoms with E-state index in [2.05, 4.69) is 72.8 Å². The van der Waals surface area contributed by atoms with E-state index in [-0.39, 0.29) is 89.6 Å². The number of hydrogen-bond donors (Lipinski definition) is 17. The minimum atomic E-state index is -1.74.